The van der Waals surface area contributed by atoms with Crippen molar-refractivity contribution >= 4 is 5.91 Å². The van der Waals surface area contributed by atoms with Gasteiger partial charge in [0.25, 0.3) is 0 Å². The van der Waals surface area contributed by atoms with Gasteiger partial charge in [-0.1, -0.05) is 0 Å². The Bertz CT molecular complexity index is 440. The lowest BCUT2D eigenvalue weighted by molar-refractivity contribution is -0.137. The molecule has 1 N–H and O–H groups in total. The van der Waals surface area contributed by atoms with Crippen molar-refractivity contribution in [2.75, 3.05) is 32.7 Å². The van der Waals surface area contributed by atoms with Crippen LogP contribution in [-0.4, -0.2) is 54.5 Å². The van der Waals surface area contributed by atoms with E-state index < -0.39 is 0 Å². The van der Waals surface area contributed by atoms with E-state index >= 15 is 0 Å². The third-order valence-corrected chi connectivity index (χ3v) is 4.23. The quantitative estimate of drug-likeness (QED) is 0.903. The van der Waals surface area contributed by atoms with Crippen LogP contribution < -0.4 is 5.32 Å². The lowest BCUT2D eigenvalue weighted by atomic mass is 10.1. The number of nitrogens with one attached hydrogen (secondary N) is 1. The van der Waals surface area contributed by atoms with Crippen LogP contribution in [0.4, 0.5) is 0 Å². The van der Waals surface area contributed by atoms with E-state index in [1.54, 1.807) is 6.26 Å². The van der Waals surface area contributed by atoms with Gasteiger partial charge in [0.2, 0.25) is 5.91 Å². The number of piperazine rings is 1. The summed E-state index contributed by atoms with van der Waals surface area (Å²) >= 11 is 0. The summed E-state index contributed by atoms with van der Waals surface area (Å²) in [5, 5.41) is 3.42. The number of furan rings is 1. The lowest BCUT2D eigenvalue weighted by Crippen LogP contribution is -2.53. The van der Waals surface area contributed by atoms with Crippen molar-refractivity contribution in [2.45, 2.75) is 31.8 Å². The number of amides is 1. The summed E-state index contributed by atoms with van der Waals surface area (Å²) in [5.74, 6) is 0.975. The molecule has 0 bridgehead atoms. The van der Waals surface area contributed by atoms with Gasteiger partial charge in [-0.15, -0.1) is 0 Å². The first-order chi connectivity index (χ1) is 9.75. The summed E-state index contributed by atoms with van der Waals surface area (Å²) in [6.07, 6.45) is 3.90. The molecule has 3 heterocycles. The van der Waals surface area contributed by atoms with Crippen LogP contribution in [-0.2, 0) is 4.79 Å². The van der Waals surface area contributed by atoms with Crippen LogP contribution in [0, 0.1) is 0 Å². The molecule has 1 aromatic heterocycles. The first-order valence-electron chi connectivity index (χ1n) is 7.55. The Morgan fingerprint density at radius 3 is 2.85 bits per heavy atom. The molecule has 2 saturated heterocycles. The van der Waals surface area contributed by atoms with Gasteiger partial charge in [-0.2, -0.15) is 0 Å². The summed E-state index contributed by atoms with van der Waals surface area (Å²) in [4.78, 5) is 17.1. The van der Waals surface area contributed by atoms with Crippen LogP contribution in [0.2, 0.25) is 0 Å². The zero-order chi connectivity index (χ0) is 13.9. The van der Waals surface area contributed by atoms with E-state index in [2.05, 4.69) is 17.1 Å². The SMILES string of the molecule is CC1CN(C(C(=O)N2CCCC2)c2ccco2)CCN1. The number of carbonyl (C=O) groups is 1. The van der Waals surface area contributed by atoms with Crippen molar-refractivity contribution in [3.63, 3.8) is 0 Å². The number of rotatable bonds is 3. The molecule has 2 aliphatic rings. The smallest absolute Gasteiger partial charge is 0.247 e. The van der Waals surface area contributed by atoms with Gasteiger partial charge >= 0.3 is 0 Å². The second-order valence-electron chi connectivity index (χ2n) is 5.80. The zero-order valence-electron chi connectivity index (χ0n) is 12.0. The largest absolute Gasteiger partial charge is 0.467 e. The maximum absolute atomic E-state index is 12.9. The topological polar surface area (TPSA) is 48.7 Å². The molecule has 0 radical (unpaired) electrons. The molecule has 2 fully saturated rings. The van der Waals surface area contributed by atoms with Gasteiger partial charge in [0.1, 0.15) is 11.8 Å². The van der Waals surface area contributed by atoms with Gasteiger partial charge in [0, 0.05) is 38.8 Å². The summed E-state index contributed by atoms with van der Waals surface area (Å²) in [7, 11) is 0. The standard InChI is InChI=1S/C15H23N3O2/c1-12-11-18(9-6-16-12)14(13-5-4-10-20-13)15(19)17-7-2-3-8-17/h4-5,10,12,14,16H,2-3,6-9,11H2,1H3. The van der Waals surface area contributed by atoms with Gasteiger partial charge in [-0.05, 0) is 31.9 Å². The first-order valence-corrected chi connectivity index (χ1v) is 7.55. The normalized spacial score (nSPS) is 25.9. The fraction of sp³-hybridized carbons (Fsp3) is 0.667. The number of hydrogen-bond acceptors (Lipinski definition) is 4. The van der Waals surface area contributed by atoms with E-state index in [-0.39, 0.29) is 11.9 Å². The summed E-state index contributed by atoms with van der Waals surface area (Å²) in [6.45, 7) is 6.62. The molecule has 2 atom stereocenters. The fourth-order valence-corrected chi connectivity index (χ4v) is 3.21. The predicted molar refractivity (Wildman–Crippen MR) is 76.3 cm³/mol. The summed E-state index contributed by atoms with van der Waals surface area (Å²) in [5.41, 5.74) is 0. The molecule has 0 aliphatic carbocycles. The number of nitrogens with zero attached hydrogens (tertiary/aromatic N) is 2. The second-order valence-corrected chi connectivity index (χ2v) is 5.80. The van der Waals surface area contributed by atoms with E-state index in [0.29, 0.717) is 6.04 Å². The van der Waals surface area contributed by atoms with Crippen molar-refractivity contribution in [2.24, 2.45) is 0 Å². The first kappa shape index (κ1) is 13.6. The highest BCUT2D eigenvalue weighted by Crippen LogP contribution is 2.26. The van der Waals surface area contributed by atoms with E-state index in [1.807, 2.05) is 17.0 Å². The van der Waals surface area contributed by atoms with Crippen LogP contribution in [0.3, 0.4) is 0 Å². The minimum absolute atomic E-state index is 0.201. The average Bonchev–Trinajstić information content (AvgIpc) is 3.12. The minimum atomic E-state index is -0.257. The molecule has 1 amide bonds. The van der Waals surface area contributed by atoms with Gasteiger partial charge in [0.05, 0.1) is 6.26 Å². The molecule has 5 heteroatoms. The van der Waals surface area contributed by atoms with Gasteiger partial charge in [-0.3, -0.25) is 9.69 Å². The zero-order valence-corrected chi connectivity index (χ0v) is 12.0. The van der Waals surface area contributed by atoms with Crippen molar-refractivity contribution in [3.8, 4) is 0 Å². The highest BCUT2D eigenvalue weighted by atomic mass is 16.3. The van der Waals surface area contributed by atoms with Crippen molar-refractivity contribution in [1.29, 1.82) is 0 Å². The molecule has 2 unspecified atom stereocenters. The molecule has 3 rings (SSSR count). The fourth-order valence-electron chi connectivity index (χ4n) is 3.21. The maximum atomic E-state index is 12.9. The van der Waals surface area contributed by atoms with Crippen LogP contribution in [0.15, 0.2) is 22.8 Å². The summed E-state index contributed by atoms with van der Waals surface area (Å²) < 4.78 is 5.56. The third kappa shape index (κ3) is 2.74. The highest BCUT2D eigenvalue weighted by molar-refractivity contribution is 5.83. The number of likely N-dealkylation sites (tertiary alicyclic amines) is 1. The Hall–Kier alpha value is -1.33. The van der Waals surface area contributed by atoms with Crippen LogP contribution in [0.25, 0.3) is 0 Å². The van der Waals surface area contributed by atoms with Crippen LogP contribution in [0.5, 0.6) is 0 Å². The van der Waals surface area contributed by atoms with Crippen molar-refractivity contribution < 1.29 is 9.21 Å². The predicted octanol–water partition coefficient (Wildman–Crippen LogP) is 1.24. The van der Waals surface area contributed by atoms with Crippen molar-refractivity contribution in [3.05, 3.63) is 24.2 Å². The Morgan fingerprint density at radius 1 is 1.40 bits per heavy atom. The number of hydrogen-bond donors (Lipinski definition) is 1. The maximum Gasteiger partial charge on any atom is 0.247 e. The molecular weight excluding hydrogens is 254 g/mol. The molecule has 0 aromatic carbocycles. The summed E-state index contributed by atoms with van der Waals surface area (Å²) in [6, 6.07) is 3.94. The molecule has 0 saturated carbocycles. The van der Waals surface area contributed by atoms with E-state index in [0.717, 1.165) is 51.3 Å². The molecule has 5 nitrogen and oxygen atoms in total. The number of carbonyl (C=O) groups excluding carboxylic acids is 1. The van der Waals surface area contributed by atoms with E-state index in [4.69, 9.17) is 4.42 Å². The Morgan fingerprint density at radius 2 is 2.20 bits per heavy atom. The molecule has 1 aromatic rings. The Kier molecular flexibility index (Phi) is 4.08. The van der Waals surface area contributed by atoms with Crippen LogP contribution in [0.1, 0.15) is 31.6 Å². The Labute approximate surface area is 119 Å². The molecular formula is C15H23N3O2. The average molecular weight is 277 g/mol. The van der Waals surface area contributed by atoms with Gasteiger partial charge in [0.15, 0.2) is 0 Å². The van der Waals surface area contributed by atoms with Crippen LogP contribution >= 0.6 is 0 Å². The van der Waals surface area contributed by atoms with Gasteiger partial charge < -0.3 is 14.6 Å². The molecule has 110 valence electrons. The van der Waals surface area contributed by atoms with E-state index in [1.165, 1.54) is 0 Å². The van der Waals surface area contributed by atoms with Crippen molar-refractivity contribution in [1.82, 2.24) is 15.1 Å². The molecule has 0 spiro atoms. The Balaban J connectivity index is 1.81. The minimum Gasteiger partial charge on any atom is -0.467 e. The molecule has 20 heavy (non-hydrogen) atoms. The van der Waals surface area contributed by atoms with Gasteiger partial charge in [-0.25, -0.2) is 0 Å². The lowest BCUT2D eigenvalue weighted by Gasteiger charge is -2.37. The van der Waals surface area contributed by atoms with E-state index in [9.17, 15) is 4.79 Å². The monoisotopic (exact) mass is 277 g/mol. The second kappa shape index (κ2) is 5.97. The molecule has 2 aliphatic heterocycles. The third-order valence-electron chi connectivity index (χ3n) is 4.23. The highest BCUT2D eigenvalue weighted by Gasteiger charge is 2.35.